The number of likely N-dealkylation sites (tertiary alicyclic amines) is 1. The summed E-state index contributed by atoms with van der Waals surface area (Å²) in [5, 5.41) is 18.2. The number of anilines is 1. The molecular formula is C33H47N5O6. The SMILES string of the molecule is C=C(CC(C)(C)C)N1C[C@H](OCC(=O)NC[C@H](NC(=O)c2c(C)cc(C)cc2C)C(=O)O)C[C@H]1CNc1cc(OC)ccn1. The molecule has 1 aliphatic heterocycles. The van der Waals surface area contributed by atoms with Gasteiger partial charge in [-0.25, -0.2) is 9.78 Å². The van der Waals surface area contributed by atoms with Crippen LogP contribution in [-0.4, -0.2) is 84.3 Å². The first-order valence-corrected chi connectivity index (χ1v) is 14.8. The Labute approximate surface area is 260 Å². The molecular weight excluding hydrogens is 562 g/mol. The summed E-state index contributed by atoms with van der Waals surface area (Å²) >= 11 is 0. The standard InChI is InChI=1S/C33H47N5O6/c1-20-11-21(2)30(22(3)12-20)31(40)37-27(32(41)42)17-36-29(39)19-44-26-13-24(38(18-26)23(4)15-33(5,6)7)16-35-28-14-25(43-8)9-10-34-28/h9-12,14,24,26-27H,4,13,15-19H2,1-3,5-8H3,(H,34,35)(H,36,39)(H,37,40)(H,41,42)/t24-,26+,27-/m0/s1. The van der Waals surface area contributed by atoms with E-state index in [1.165, 1.54) is 0 Å². The second kappa shape index (κ2) is 15.1. The number of nitrogens with one attached hydrogen (secondary N) is 3. The van der Waals surface area contributed by atoms with Gasteiger partial charge in [0.1, 0.15) is 24.2 Å². The Kier molecular flexibility index (Phi) is 11.8. The van der Waals surface area contributed by atoms with Crippen LogP contribution in [0.1, 0.15) is 60.7 Å². The third-order valence-electron chi connectivity index (χ3n) is 7.46. The maximum Gasteiger partial charge on any atom is 0.328 e. The Hall–Kier alpha value is -4.12. The maximum atomic E-state index is 12.9. The number of ether oxygens (including phenoxy) is 2. The maximum absolute atomic E-state index is 12.9. The molecule has 1 aliphatic rings. The number of aryl methyl sites for hydroxylation is 3. The van der Waals surface area contributed by atoms with Crippen LogP contribution >= 0.6 is 0 Å². The van der Waals surface area contributed by atoms with E-state index in [4.69, 9.17) is 9.47 Å². The first kappa shape index (κ1) is 34.4. The first-order valence-electron chi connectivity index (χ1n) is 14.8. The molecule has 11 heteroatoms. The van der Waals surface area contributed by atoms with Crippen LogP contribution in [0.4, 0.5) is 5.82 Å². The summed E-state index contributed by atoms with van der Waals surface area (Å²) in [4.78, 5) is 44.0. The van der Waals surface area contributed by atoms with E-state index in [9.17, 15) is 19.5 Å². The molecule has 1 saturated heterocycles. The van der Waals surface area contributed by atoms with Crippen molar-refractivity contribution in [1.82, 2.24) is 20.5 Å². The Morgan fingerprint density at radius 3 is 2.45 bits per heavy atom. The van der Waals surface area contributed by atoms with Crippen molar-refractivity contribution in [3.63, 3.8) is 0 Å². The molecule has 2 aromatic rings. The van der Waals surface area contributed by atoms with Gasteiger partial charge in [-0.1, -0.05) is 45.0 Å². The molecule has 0 radical (unpaired) electrons. The van der Waals surface area contributed by atoms with E-state index in [1.54, 1.807) is 19.4 Å². The zero-order chi connectivity index (χ0) is 32.6. The number of carboxylic acids is 1. The van der Waals surface area contributed by atoms with Gasteiger partial charge < -0.3 is 35.4 Å². The van der Waals surface area contributed by atoms with Crippen LogP contribution in [0, 0.1) is 26.2 Å². The number of carbonyl (C=O) groups is 3. The van der Waals surface area contributed by atoms with Crippen molar-refractivity contribution in [3.05, 3.63) is 65.0 Å². The highest BCUT2D eigenvalue weighted by Crippen LogP contribution is 2.31. The van der Waals surface area contributed by atoms with Gasteiger partial charge in [0.15, 0.2) is 0 Å². The highest BCUT2D eigenvalue weighted by Gasteiger charge is 2.35. The third-order valence-corrected chi connectivity index (χ3v) is 7.46. The Bertz CT molecular complexity index is 1330. The number of carboxylic acid groups (broad SMARTS) is 1. The minimum Gasteiger partial charge on any atom is -0.497 e. The number of hydrogen-bond acceptors (Lipinski definition) is 8. The van der Waals surface area contributed by atoms with Gasteiger partial charge in [-0.3, -0.25) is 9.59 Å². The fraction of sp³-hybridized carbons (Fsp3) is 0.515. The molecule has 44 heavy (non-hydrogen) atoms. The normalized spacial score (nSPS) is 17.1. The van der Waals surface area contributed by atoms with Crippen LogP contribution in [0.25, 0.3) is 0 Å². The minimum atomic E-state index is -1.30. The average Bonchev–Trinajstić information content (AvgIpc) is 3.35. The molecule has 0 unspecified atom stereocenters. The Balaban J connectivity index is 1.56. The smallest absolute Gasteiger partial charge is 0.328 e. The van der Waals surface area contributed by atoms with E-state index in [0.717, 1.165) is 28.8 Å². The van der Waals surface area contributed by atoms with Crippen molar-refractivity contribution in [2.45, 2.75) is 72.6 Å². The van der Waals surface area contributed by atoms with Crippen molar-refractivity contribution < 1.29 is 29.0 Å². The molecule has 11 nitrogen and oxygen atoms in total. The van der Waals surface area contributed by atoms with Gasteiger partial charge in [0, 0.05) is 49.2 Å². The van der Waals surface area contributed by atoms with Crippen LogP contribution in [-0.2, 0) is 14.3 Å². The number of pyridine rings is 1. The molecule has 2 amide bonds. The van der Waals surface area contributed by atoms with E-state index < -0.39 is 23.8 Å². The van der Waals surface area contributed by atoms with Crippen LogP contribution in [0.2, 0.25) is 0 Å². The topological polar surface area (TPSA) is 142 Å². The molecule has 2 heterocycles. The number of nitrogens with zero attached hydrogens (tertiary/aromatic N) is 2. The van der Waals surface area contributed by atoms with Gasteiger partial charge in [0.25, 0.3) is 5.91 Å². The summed E-state index contributed by atoms with van der Waals surface area (Å²) in [6.45, 7) is 17.0. The van der Waals surface area contributed by atoms with Crippen LogP contribution in [0.5, 0.6) is 5.75 Å². The highest BCUT2D eigenvalue weighted by atomic mass is 16.5. The zero-order valence-corrected chi connectivity index (χ0v) is 27.0. The average molecular weight is 610 g/mol. The van der Waals surface area contributed by atoms with Crippen molar-refractivity contribution >= 4 is 23.6 Å². The van der Waals surface area contributed by atoms with E-state index >= 15 is 0 Å². The van der Waals surface area contributed by atoms with Gasteiger partial charge in [-0.05, 0) is 56.2 Å². The zero-order valence-electron chi connectivity index (χ0n) is 27.0. The second-order valence-electron chi connectivity index (χ2n) is 12.7. The van der Waals surface area contributed by atoms with Crippen molar-refractivity contribution in [3.8, 4) is 5.75 Å². The number of methoxy groups -OCH3 is 1. The fourth-order valence-electron chi connectivity index (χ4n) is 5.58. The lowest BCUT2D eigenvalue weighted by Gasteiger charge is -2.32. The number of aliphatic carboxylic acids is 1. The molecule has 1 aromatic heterocycles. The third kappa shape index (κ3) is 9.97. The van der Waals surface area contributed by atoms with Crippen molar-refractivity contribution in [2.24, 2.45) is 5.41 Å². The summed E-state index contributed by atoms with van der Waals surface area (Å²) in [6.07, 6.45) is 2.92. The van der Waals surface area contributed by atoms with E-state index in [2.05, 4.69) is 53.2 Å². The number of allylic oxidation sites excluding steroid dienone is 1. The number of rotatable bonds is 14. The van der Waals surface area contributed by atoms with Gasteiger partial charge >= 0.3 is 5.97 Å². The fourth-order valence-corrected chi connectivity index (χ4v) is 5.58. The predicted octanol–water partition coefficient (Wildman–Crippen LogP) is 3.84. The summed E-state index contributed by atoms with van der Waals surface area (Å²) < 4.78 is 11.3. The summed E-state index contributed by atoms with van der Waals surface area (Å²) in [7, 11) is 1.61. The molecule has 240 valence electrons. The molecule has 0 aliphatic carbocycles. The summed E-state index contributed by atoms with van der Waals surface area (Å²) in [5.41, 5.74) is 4.00. The summed E-state index contributed by atoms with van der Waals surface area (Å²) in [5.74, 6) is -0.798. The first-order chi connectivity index (χ1) is 20.7. The Morgan fingerprint density at radius 1 is 1.16 bits per heavy atom. The highest BCUT2D eigenvalue weighted by molar-refractivity contribution is 5.99. The van der Waals surface area contributed by atoms with Gasteiger partial charge in [0.2, 0.25) is 5.91 Å². The van der Waals surface area contributed by atoms with Crippen LogP contribution in [0.15, 0.2) is 42.7 Å². The van der Waals surface area contributed by atoms with E-state index in [-0.39, 0.29) is 30.7 Å². The van der Waals surface area contributed by atoms with Gasteiger partial charge in [-0.2, -0.15) is 0 Å². The number of carbonyl (C=O) groups excluding carboxylic acids is 2. The number of amides is 2. The molecule has 4 N–H and O–H groups in total. The van der Waals surface area contributed by atoms with Crippen molar-refractivity contribution in [2.75, 3.05) is 38.7 Å². The molecule has 1 aromatic carbocycles. The number of benzene rings is 1. The van der Waals surface area contributed by atoms with Gasteiger partial charge in [0.05, 0.1) is 13.2 Å². The minimum absolute atomic E-state index is 0.0508. The van der Waals surface area contributed by atoms with E-state index in [1.807, 2.05) is 39.0 Å². The molecule has 0 bridgehead atoms. The molecule has 3 atom stereocenters. The van der Waals surface area contributed by atoms with E-state index in [0.29, 0.717) is 36.6 Å². The Morgan fingerprint density at radius 2 is 1.84 bits per heavy atom. The largest absolute Gasteiger partial charge is 0.497 e. The second-order valence-corrected chi connectivity index (χ2v) is 12.7. The lowest BCUT2D eigenvalue weighted by atomic mass is 9.90. The lowest BCUT2D eigenvalue weighted by molar-refractivity contribution is -0.139. The van der Waals surface area contributed by atoms with Crippen molar-refractivity contribution in [1.29, 1.82) is 0 Å². The number of hydrogen-bond donors (Lipinski definition) is 4. The molecule has 3 rings (SSSR count). The molecule has 0 saturated carbocycles. The monoisotopic (exact) mass is 609 g/mol. The summed E-state index contributed by atoms with van der Waals surface area (Å²) in [6, 6.07) is 6.12. The molecule has 1 fully saturated rings. The number of aromatic nitrogens is 1. The predicted molar refractivity (Wildman–Crippen MR) is 170 cm³/mol. The van der Waals surface area contributed by atoms with Crippen LogP contribution < -0.4 is 20.7 Å². The molecule has 0 spiro atoms. The van der Waals surface area contributed by atoms with Gasteiger partial charge in [-0.15, -0.1) is 0 Å². The van der Waals surface area contributed by atoms with Crippen LogP contribution in [0.3, 0.4) is 0 Å². The quantitative estimate of drug-likeness (QED) is 0.251. The lowest BCUT2D eigenvalue weighted by Crippen LogP contribution is -2.49.